The first kappa shape index (κ1) is 21.5. The van der Waals surface area contributed by atoms with Crippen molar-refractivity contribution in [3.63, 3.8) is 0 Å². The number of nitrogens with one attached hydrogen (secondary N) is 1. The maximum Gasteiger partial charge on any atom is 0.319 e. The van der Waals surface area contributed by atoms with Crippen LogP contribution in [0, 0.1) is 6.92 Å². The van der Waals surface area contributed by atoms with Gasteiger partial charge >= 0.3 is 6.03 Å². The quantitative estimate of drug-likeness (QED) is 0.857. The van der Waals surface area contributed by atoms with Crippen molar-refractivity contribution in [3.05, 3.63) is 41.6 Å². The van der Waals surface area contributed by atoms with Crippen LogP contribution in [0.15, 0.2) is 30.3 Å². The lowest BCUT2D eigenvalue weighted by molar-refractivity contribution is -0.116. The van der Waals surface area contributed by atoms with E-state index in [4.69, 9.17) is 5.10 Å². The van der Waals surface area contributed by atoms with Crippen molar-refractivity contribution in [2.24, 2.45) is 0 Å². The molecule has 1 heterocycles. The summed E-state index contributed by atoms with van der Waals surface area (Å²) in [6.07, 6.45) is 0. The molecule has 0 aliphatic carbocycles. The van der Waals surface area contributed by atoms with Gasteiger partial charge in [0.2, 0.25) is 5.91 Å². The summed E-state index contributed by atoms with van der Waals surface area (Å²) < 4.78 is 1.76. The molecule has 3 amide bonds. The van der Waals surface area contributed by atoms with Gasteiger partial charge in [-0.15, -0.1) is 0 Å². The van der Waals surface area contributed by atoms with Gasteiger partial charge in [0.25, 0.3) is 0 Å². The van der Waals surface area contributed by atoms with Gasteiger partial charge < -0.3 is 15.1 Å². The Kier molecular flexibility index (Phi) is 6.48. The van der Waals surface area contributed by atoms with E-state index >= 15 is 0 Å². The summed E-state index contributed by atoms with van der Waals surface area (Å²) in [5.74, 6) is 0.338. The van der Waals surface area contributed by atoms with Crippen LogP contribution in [-0.4, -0.2) is 58.7 Å². The maximum atomic E-state index is 12.7. The molecule has 0 aliphatic heterocycles. The van der Waals surface area contributed by atoms with Gasteiger partial charge in [0.05, 0.1) is 11.4 Å². The van der Waals surface area contributed by atoms with Crippen LogP contribution in [0.3, 0.4) is 0 Å². The van der Waals surface area contributed by atoms with Crippen molar-refractivity contribution >= 4 is 17.8 Å². The largest absolute Gasteiger partial charge is 0.331 e. The molecule has 0 saturated heterocycles. The number of anilines is 1. The van der Waals surface area contributed by atoms with Crippen LogP contribution in [0.25, 0.3) is 5.69 Å². The molecule has 2 rings (SSSR count). The van der Waals surface area contributed by atoms with Crippen molar-refractivity contribution in [1.82, 2.24) is 19.6 Å². The van der Waals surface area contributed by atoms with E-state index in [9.17, 15) is 9.59 Å². The van der Waals surface area contributed by atoms with Gasteiger partial charge in [-0.05, 0) is 25.5 Å². The van der Waals surface area contributed by atoms with E-state index in [1.807, 2.05) is 44.2 Å². The fourth-order valence-electron chi connectivity index (χ4n) is 2.77. The number of amides is 3. The van der Waals surface area contributed by atoms with E-state index in [0.717, 1.165) is 16.9 Å². The van der Waals surface area contributed by atoms with Crippen LogP contribution < -0.4 is 5.32 Å². The number of urea groups is 1. The van der Waals surface area contributed by atoms with Gasteiger partial charge in [-0.2, -0.15) is 5.10 Å². The Morgan fingerprint density at radius 2 is 1.82 bits per heavy atom. The molecule has 0 radical (unpaired) electrons. The number of aryl methyl sites for hydroxylation is 1. The number of aromatic nitrogens is 2. The van der Waals surface area contributed by atoms with Crippen molar-refractivity contribution < 1.29 is 9.59 Å². The third-order valence-corrected chi connectivity index (χ3v) is 4.46. The predicted molar refractivity (Wildman–Crippen MR) is 112 cm³/mol. The summed E-state index contributed by atoms with van der Waals surface area (Å²) in [5, 5.41) is 7.68. The number of carbonyl (C=O) groups excluding carboxylic acids is 2. The van der Waals surface area contributed by atoms with E-state index in [0.29, 0.717) is 12.4 Å². The van der Waals surface area contributed by atoms with Gasteiger partial charge in [-0.1, -0.05) is 39.0 Å². The fourth-order valence-corrected chi connectivity index (χ4v) is 2.77. The minimum absolute atomic E-state index is 0.0166. The summed E-state index contributed by atoms with van der Waals surface area (Å²) in [6, 6.07) is 9.60. The average Bonchev–Trinajstić information content (AvgIpc) is 3.03. The molecule has 0 fully saturated rings. The highest BCUT2D eigenvalue weighted by molar-refractivity contribution is 5.94. The van der Waals surface area contributed by atoms with E-state index in [2.05, 4.69) is 26.1 Å². The highest BCUT2D eigenvalue weighted by atomic mass is 16.2. The molecule has 152 valence electrons. The van der Waals surface area contributed by atoms with Crippen LogP contribution in [0.4, 0.5) is 10.6 Å². The molecule has 7 nitrogen and oxygen atoms in total. The SMILES string of the molecule is CCN(CC(=O)Nc1cc(C(C)(C)C)nn1-c1ccccc1C)C(=O)N(C)C. The van der Waals surface area contributed by atoms with Crippen LogP contribution in [-0.2, 0) is 10.2 Å². The Hall–Kier alpha value is -2.83. The maximum absolute atomic E-state index is 12.7. The van der Waals surface area contributed by atoms with Crippen molar-refractivity contribution in [2.45, 2.75) is 40.0 Å². The molecular weight excluding hydrogens is 354 g/mol. The molecule has 1 aromatic heterocycles. The molecule has 28 heavy (non-hydrogen) atoms. The Labute approximate surface area is 167 Å². The zero-order chi connectivity index (χ0) is 21.1. The summed E-state index contributed by atoms with van der Waals surface area (Å²) >= 11 is 0. The third-order valence-electron chi connectivity index (χ3n) is 4.46. The first-order valence-corrected chi connectivity index (χ1v) is 9.47. The Morgan fingerprint density at radius 1 is 1.18 bits per heavy atom. The molecule has 0 unspecified atom stereocenters. The van der Waals surface area contributed by atoms with E-state index < -0.39 is 0 Å². The molecule has 1 aromatic carbocycles. The van der Waals surface area contributed by atoms with Gasteiger partial charge in [0.1, 0.15) is 12.4 Å². The number of nitrogens with zero attached hydrogens (tertiary/aromatic N) is 4. The number of rotatable bonds is 5. The average molecular weight is 386 g/mol. The second kappa shape index (κ2) is 8.46. The van der Waals surface area contributed by atoms with Crippen LogP contribution >= 0.6 is 0 Å². The predicted octanol–water partition coefficient (Wildman–Crippen LogP) is 3.42. The molecule has 0 bridgehead atoms. The van der Waals surface area contributed by atoms with Crippen molar-refractivity contribution in [1.29, 1.82) is 0 Å². The van der Waals surface area contributed by atoms with Crippen molar-refractivity contribution in [3.8, 4) is 5.69 Å². The van der Waals surface area contributed by atoms with Crippen LogP contribution in [0.1, 0.15) is 39.0 Å². The Balaban J connectivity index is 2.34. The van der Waals surface area contributed by atoms with Gasteiger partial charge in [-0.25, -0.2) is 9.48 Å². The molecule has 1 N–H and O–H groups in total. The molecular formula is C21H31N5O2. The van der Waals surface area contributed by atoms with Crippen molar-refractivity contribution in [2.75, 3.05) is 32.5 Å². The Bertz CT molecular complexity index is 849. The standard InChI is InChI=1S/C21H31N5O2/c1-8-25(20(28)24(6)7)14-19(27)22-18-13-17(21(3,4)5)23-26(18)16-12-10-9-11-15(16)2/h9-13H,8,14H2,1-7H3,(H,22,27). The first-order valence-electron chi connectivity index (χ1n) is 9.47. The summed E-state index contributed by atoms with van der Waals surface area (Å²) in [7, 11) is 3.34. The van der Waals surface area contributed by atoms with Gasteiger partial charge in [0, 0.05) is 32.1 Å². The topological polar surface area (TPSA) is 70.5 Å². The molecule has 0 saturated carbocycles. The zero-order valence-electron chi connectivity index (χ0n) is 17.9. The minimum Gasteiger partial charge on any atom is -0.331 e. The number of hydrogen-bond acceptors (Lipinski definition) is 3. The summed E-state index contributed by atoms with van der Waals surface area (Å²) in [5.41, 5.74) is 2.68. The lowest BCUT2D eigenvalue weighted by atomic mass is 9.92. The minimum atomic E-state index is -0.257. The monoisotopic (exact) mass is 385 g/mol. The molecule has 0 atom stereocenters. The number of hydrogen-bond donors (Lipinski definition) is 1. The lowest BCUT2D eigenvalue weighted by Gasteiger charge is -2.24. The highest BCUT2D eigenvalue weighted by Crippen LogP contribution is 2.27. The Morgan fingerprint density at radius 3 is 2.36 bits per heavy atom. The molecule has 0 aliphatic rings. The number of benzene rings is 1. The summed E-state index contributed by atoms with van der Waals surface area (Å²) in [6.45, 7) is 10.5. The fraction of sp³-hybridized carbons (Fsp3) is 0.476. The smallest absolute Gasteiger partial charge is 0.319 e. The van der Waals surface area contributed by atoms with Crippen LogP contribution in [0.5, 0.6) is 0 Å². The summed E-state index contributed by atoms with van der Waals surface area (Å²) in [4.78, 5) is 27.8. The van der Waals surface area contributed by atoms with Crippen LogP contribution in [0.2, 0.25) is 0 Å². The molecule has 7 heteroatoms. The first-order chi connectivity index (χ1) is 13.0. The molecule has 0 spiro atoms. The van der Waals surface area contributed by atoms with Gasteiger partial charge in [-0.3, -0.25) is 4.79 Å². The number of para-hydroxylation sites is 1. The van der Waals surface area contributed by atoms with E-state index in [-0.39, 0.29) is 23.9 Å². The zero-order valence-corrected chi connectivity index (χ0v) is 17.9. The normalized spacial score (nSPS) is 11.2. The highest BCUT2D eigenvalue weighted by Gasteiger charge is 2.23. The third kappa shape index (κ3) is 4.91. The second-order valence-electron chi connectivity index (χ2n) is 8.10. The van der Waals surface area contributed by atoms with E-state index in [1.54, 1.807) is 18.8 Å². The number of carbonyl (C=O) groups is 2. The number of likely N-dealkylation sites (N-methyl/N-ethyl adjacent to an activating group) is 1. The lowest BCUT2D eigenvalue weighted by Crippen LogP contribution is -2.43. The van der Waals surface area contributed by atoms with E-state index in [1.165, 1.54) is 9.80 Å². The molecule has 2 aromatic rings. The second-order valence-corrected chi connectivity index (χ2v) is 8.10. The van der Waals surface area contributed by atoms with Gasteiger partial charge in [0.15, 0.2) is 0 Å².